The molecule has 0 spiro atoms. The van der Waals surface area contributed by atoms with Gasteiger partial charge in [-0.05, 0) is 54.7 Å². The summed E-state index contributed by atoms with van der Waals surface area (Å²) in [6.45, 7) is 11.9. The Kier molecular flexibility index (Phi) is 7.26. The summed E-state index contributed by atoms with van der Waals surface area (Å²) in [5.74, 6) is 2.67. The smallest absolute Gasteiger partial charge is 0.270 e. The van der Waals surface area contributed by atoms with Crippen LogP contribution in [0.1, 0.15) is 58.7 Å². The Morgan fingerprint density at radius 3 is 2.65 bits per heavy atom. The molecule has 8 nitrogen and oxygen atoms in total. The summed E-state index contributed by atoms with van der Waals surface area (Å²) in [5, 5.41) is 12.1. The van der Waals surface area contributed by atoms with Crippen molar-refractivity contribution in [2.75, 3.05) is 20.2 Å². The van der Waals surface area contributed by atoms with Gasteiger partial charge in [0.05, 0.1) is 13.2 Å². The van der Waals surface area contributed by atoms with Crippen LogP contribution in [-0.4, -0.2) is 50.8 Å². The van der Waals surface area contributed by atoms with Crippen LogP contribution in [0.2, 0.25) is 0 Å². The van der Waals surface area contributed by atoms with Crippen LogP contribution in [-0.2, 0) is 19.5 Å². The number of ether oxygens (including phenoxy) is 1. The van der Waals surface area contributed by atoms with E-state index in [1.54, 1.807) is 25.4 Å². The molecule has 0 aliphatic carbocycles. The zero-order valence-electron chi connectivity index (χ0n) is 20.7. The molecule has 1 atom stereocenters. The van der Waals surface area contributed by atoms with E-state index in [2.05, 4.69) is 69.8 Å². The lowest BCUT2D eigenvalue weighted by atomic mass is 10.0. The number of nitrogens with zero attached hydrogens (tertiary/aromatic N) is 5. The minimum atomic E-state index is -0.242. The first-order valence-corrected chi connectivity index (χ1v) is 11.9. The Labute approximate surface area is 201 Å². The molecule has 4 rings (SSSR count). The number of methoxy groups -OCH3 is 1. The lowest BCUT2D eigenvalue weighted by molar-refractivity contribution is 0.0916. The number of carbonyl (C=O) groups is 1. The second kappa shape index (κ2) is 10.3. The minimum Gasteiger partial charge on any atom is -0.496 e. The maximum atomic E-state index is 12.8. The molecule has 0 fully saturated rings. The first kappa shape index (κ1) is 23.9. The van der Waals surface area contributed by atoms with Gasteiger partial charge in [0.1, 0.15) is 17.3 Å². The van der Waals surface area contributed by atoms with Crippen molar-refractivity contribution >= 4 is 5.91 Å². The van der Waals surface area contributed by atoms with E-state index < -0.39 is 0 Å². The number of pyridine rings is 1. The molecule has 8 heteroatoms. The molecule has 0 saturated carbocycles. The van der Waals surface area contributed by atoms with Gasteiger partial charge in [-0.2, -0.15) is 0 Å². The Hall–Kier alpha value is -3.26. The van der Waals surface area contributed by atoms with Crippen LogP contribution in [0, 0.1) is 19.8 Å². The van der Waals surface area contributed by atoms with Gasteiger partial charge in [-0.3, -0.25) is 14.7 Å². The van der Waals surface area contributed by atoms with E-state index in [1.807, 2.05) is 6.07 Å². The Morgan fingerprint density at radius 1 is 1.12 bits per heavy atom. The van der Waals surface area contributed by atoms with E-state index >= 15 is 0 Å². The molecule has 3 aromatic rings. The predicted molar refractivity (Wildman–Crippen MR) is 131 cm³/mol. The highest BCUT2D eigenvalue weighted by Crippen LogP contribution is 2.26. The fourth-order valence-electron chi connectivity index (χ4n) is 4.50. The van der Waals surface area contributed by atoms with E-state index in [1.165, 1.54) is 11.1 Å². The first-order valence-electron chi connectivity index (χ1n) is 11.9. The zero-order chi connectivity index (χ0) is 24.2. The lowest BCUT2D eigenvalue weighted by Crippen LogP contribution is -2.34. The topological polar surface area (TPSA) is 85.2 Å². The van der Waals surface area contributed by atoms with Crippen molar-refractivity contribution < 1.29 is 9.53 Å². The third-order valence-electron chi connectivity index (χ3n) is 6.52. The number of rotatable bonds is 7. The van der Waals surface area contributed by atoms with Crippen molar-refractivity contribution in [3.05, 3.63) is 70.6 Å². The minimum absolute atomic E-state index is 0.158. The van der Waals surface area contributed by atoms with Crippen LogP contribution < -0.4 is 10.1 Å². The van der Waals surface area contributed by atoms with E-state index in [4.69, 9.17) is 4.74 Å². The molecule has 1 amide bonds. The molecule has 1 N–H and O–H groups in total. The third-order valence-corrected chi connectivity index (χ3v) is 6.52. The predicted octanol–water partition coefficient (Wildman–Crippen LogP) is 3.48. The summed E-state index contributed by atoms with van der Waals surface area (Å²) in [6.07, 6.45) is 2.45. The zero-order valence-corrected chi connectivity index (χ0v) is 20.7. The number of carbonyl (C=O) groups excluding carboxylic acids is 1. The molecular weight excluding hydrogens is 428 g/mol. The van der Waals surface area contributed by atoms with Gasteiger partial charge in [0.25, 0.3) is 5.91 Å². The molecule has 0 radical (unpaired) electrons. The fraction of sp³-hybridized carbons (Fsp3) is 0.462. The van der Waals surface area contributed by atoms with E-state index in [0.29, 0.717) is 5.69 Å². The van der Waals surface area contributed by atoms with Crippen molar-refractivity contribution in [1.29, 1.82) is 0 Å². The van der Waals surface area contributed by atoms with Gasteiger partial charge in [-0.25, -0.2) is 0 Å². The maximum Gasteiger partial charge on any atom is 0.270 e. The van der Waals surface area contributed by atoms with Gasteiger partial charge in [0.2, 0.25) is 0 Å². The molecule has 34 heavy (non-hydrogen) atoms. The summed E-state index contributed by atoms with van der Waals surface area (Å²) in [6, 6.07) is 9.44. The molecule has 1 aliphatic rings. The number of aromatic nitrogens is 4. The van der Waals surface area contributed by atoms with Crippen molar-refractivity contribution in [2.24, 2.45) is 5.92 Å². The maximum absolute atomic E-state index is 12.8. The Bertz CT molecular complexity index is 1140. The number of amides is 1. The number of hydrogen-bond acceptors (Lipinski definition) is 6. The van der Waals surface area contributed by atoms with Crippen molar-refractivity contribution in [3.8, 4) is 5.75 Å². The first-order chi connectivity index (χ1) is 16.4. The number of fused-ring (bicyclic) bond motifs is 1. The molecule has 0 unspecified atom stereocenters. The average Bonchev–Trinajstić information content (AvgIpc) is 3.12. The van der Waals surface area contributed by atoms with Crippen molar-refractivity contribution in [3.63, 3.8) is 0 Å². The van der Waals surface area contributed by atoms with Gasteiger partial charge < -0.3 is 14.6 Å². The number of nitrogens with one attached hydrogen (secondary N) is 1. The van der Waals surface area contributed by atoms with Gasteiger partial charge >= 0.3 is 0 Å². The second-order valence-electron chi connectivity index (χ2n) is 9.31. The van der Waals surface area contributed by atoms with E-state index in [-0.39, 0.29) is 17.9 Å². The normalized spacial score (nSPS) is 15.0. The van der Waals surface area contributed by atoms with Gasteiger partial charge in [0.15, 0.2) is 5.82 Å². The van der Waals surface area contributed by atoms with Gasteiger partial charge in [0, 0.05) is 38.8 Å². The second-order valence-corrected chi connectivity index (χ2v) is 9.31. The molecule has 1 aliphatic heterocycles. The summed E-state index contributed by atoms with van der Waals surface area (Å²) < 4.78 is 7.66. The summed E-state index contributed by atoms with van der Waals surface area (Å²) in [5.41, 5.74) is 4.11. The number of aryl methyl sites for hydroxylation is 2. The molecule has 2 aromatic heterocycles. The third kappa shape index (κ3) is 5.12. The van der Waals surface area contributed by atoms with Crippen LogP contribution in [0.25, 0.3) is 0 Å². The highest BCUT2D eigenvalue weighted by atomic mass is 16.5. The van der Waals surface area contributed by atoms with Gasteiger partial charge in [-0.15, -0.1) is 10.2 Å². The summed E-state index contributed by atoms with van der Waals surface area (Å²) in [7, 11) is 1.71. The summed E-state index contributed by atoms with van der Waals surface area (Å²) >= 11 is 0. The van der Waals surface area contributed by atoms with Crippen LogP contribution >= 0.6 is 0 Å². The standard InChI is InChI=1S/C26H34N6O2/c1-17(2)24(28-26(33)21-8-6-7-10-27-21)25-30-29-23-9-11-31(12-13-32(23)25)16-20-14-19(4)22(34-5)15-18(20)3/h6-8,10,14-15,17,24H,9,11-13,16H2,1-5H3,(H,28,33)/t24-/m1/s1. The fourth-order valence-corrected chi connectivity index (χ4v) is 4.50. The average molecular weight is 463 g/mol. The van der Waals surface area contributed by atoms with Crippen molar-refractivity contribution in [1.82, 2.24) is 30.0 Å². The SMILES string of the molecule is COc1cc(C)c(CN2CCc3nnc([C@H](NC(=O)c4ccccn4)C(C)C)n3CC2)cc1C. The van der Waals surface area contributed by atoms with Crippen LogP contribution in [0.3, 0.4) is 0 Å². The quantitative estimate of drug-likeness (QED) is 0.579. The Morgan fingerprint density at radius 2 is 1.94 bits per heavy atom. The van der Waals surface area contributed by atoms with Crippen LogP contribution in [0.5, 0.6) is 5.75 Å². The monoisotopic (exact) mass is 462 g/mol. The molecule has 0 saturated heterocycles. The number of hydrogen-bond donors (Lipinski definition) is 1. The molecular formula is C26H34N6O2. The highest BCUT2D eigenvalue weighted by molar-refractivity contribution is 5.92. The largest absolute Gasteiger partial charge is 0.496 e. The van der Waals surface area contributed by atoms with Gasteiger partial charge in [-0.1, -0.05) is 26.0 Å². The van der Waals surface area contributed by atoms with E-state index in [9.17, 15) is 4.79 Å². The Balaban J connectivity index is 1.49. The molecule has 1 aromatic carbocycles. The lowest BCUT2D eigenvalue weighted by Gasteiger charge is -2.24. The molecule has 3 heterocycles. The highest BCUT2D eigenvalue weighted by Gasteiger charge is 2.28. The summed E-state index contributed by atoms with van der Waals surface area (Å²) in [4.78, 5) is 19.4. The number of benzene rings is 1. The van der Waals surface area contributed by atoms with Crippen LogP contribution in [0.4, 0.5) is 0 Å². The molecule has 180 valence electrons. The van der Waals surface area contributed by atoms with Crippen LogP contribution in [0.15, 0.2) is 36.5 Å². The molecule has 0 bridgehead atoms. The van der Waals surface area contributed by atoms with E-state index in [0.717, 1.165) is 55.6 Å². The van der Waals surface area contributed by atoms with Crippen molar-refractivity contribution in [2.45, 2.75) is 53.2 Å².